The maximum absolute atomic E-state index is 5.61. The maximum atomic E-state index is 5.61. The summed E-state index contributed by atoms with van der Waals surface area (Å²) in [5.41, 5.74) is 5.61. The van der Waals surface area contributed by atoms with Gasteiger partial charge in [-0.05, 0) is 32.5 Å². The minimum Gasteiger partial charge on any atom is -0.329 e. The first-order valence-electron chi connectivity index (χ1n) is 7.22. The van der Waals surface area contributed by atoms with Crippen molar-refractivity contribution < 1.29 is 0 Å². The molecule has 0 bridgehead atoms. The van der Waals surface area contributed by atoms with Gasteiger partial charge in [0.25, 0.3) is 0 Å². The zero-order valence-corrected chi connectivity index (χ0v) is 11.3. The van der Waals surface area contributed by atoms with Crippen molar-refractivity contribution in [3.63, 3.8) is 0 Å². The lowest BCUT2D eigenvalue weighted by molar-refractivity contribution is 0.0619. The maximum Gasteiger partial charge on any atom is 0.0121 e. The standard InChI is InChI=1S/C13H28N4/c1-2-15-9-11-17(12-10-15)13-3-6-16(7-4-13)8-5-14/h13H,2-12,14H2,1H3. The van der Waals surface area contributed by atoms with E-state index in [0.29, 0.717) is 0 Å². The van der Waals surface area contributed by atoms with Gasteiger partial charge in [-0.15, -0.1) is 0 Å². The number of nitrogens with two attached hydrogens (primary N) is 1. The van der Waals surface area contributed by atoms with Gasteiger partial charge in [0.15, 0.2) is 0 Å². The molecule has 2 N–H and O–H groups in total. The van der Waals surface area contributed by atoms with Gasteiger partial charge >= 0.3 is 0 Å². The van der Waals surface area contributed by atoms with Crippen LogP contribution in [0.5, 0.6) is 0 Å². The van der Waals surface area contributed by atoms with Crippen molar-refractivity contribution in [1.82, 2.24) is 14.7 Å². The van der Waals surface area contributed by atoms with Gasteiger partial charge in [-0.1, -0.05) is 6.92 Å². The molecule has 0 aromatic carbocycles. The van der Waals surface area contributed by atoms with Crippen LogP contribution in [0.25, 0.3) is 0 Å². The third-order valence-corrected chi connectivity index (χ3v) is 4.37. The highest BCUT2D eigenvalue weighted by Crippen LogP contribution is 2.17. The van der Waals surface area contributed by atoms with E-state index in [9.17, 15) is 0 Å². The van der Waals surface area contributed by atoms with E-state index in [1.54, 1.807) is 0 Å². The van der Waals surface area contributed by atoms with Gasteiger partial charge in [-0.3, -0.25) is 4.90 Å². The summed E-state index contributed by atoms with van der Waals surface area (Å²) in [6.07, 6.45) is 2.68. The highest BCUT2D eigenvalue weighted by atomic mass is 15.3. The van der Waals surface area contributed by atoms with Gasteiger partial charge < -0.3 is 15.5 Å². The third kappa shape index (κ3) is 3.65. The summed E-state index contributed by atoms with van der Waals surface area (Å²) in [5, 5.41) is 0. The van der Waals surface area contributed by atoms with Crippen LogP contribution in [0.4, 0.5) is 0 Å². The van der Waals surface area contributed by atoms with Gasteiger partial charge in [0, 0.05) is 45.3 Å². The topological polar surface area (TPSA) is 35.7 Å². The van der Waals surface area contributed by atoms with Crippen molar-refractivity contribution in [3.8, 4) is 0 Å². The van der Waals surface area contributed by atoms with Crippen LogP contribution in [-0.2, 0) is 0 Å². The van der Waals surface area contributed by atoms with Crippen molar-refractivity contribution in [2.75, 3.05) is 58.9 Å². The zero-order chi connectivity index (χ0) is 12.1. The molecular formula is C13H28N4. The Hall–Kier alpha value is -0.160. The highest BCUT2D eigenvalue weighted by Gasteiger charge is 2.26. The lowest BCUT2D eigenvalue weighted by Gasteiger charge is -2.42. The summed E-state index contributed by atoms with van der Waals surface area (Å²) in [5.74, 6) is 0. The zero-order valence-electron chi connectivity index (χ0n) is 11.3. The van der Waals surface area contributed by atoms with Crippen molar-refractivity contribution in [3.05, 3.63) is 0 Å². The molecule has 0 radical (unpaired) electrons. The van der Waals surface area contributed by atoms with Gasteiger partial charge in [0.2, 0.25) is 0 Å². The van der Waals surface area contributed by atoms with Crippen molar-refractivity contribution in [1.29, 1.82) is 0 Å². The molecule has 0 spiro atoms. The first kappa shape index (κ1) is 13.3. The quantitative estimate of drug-likeness (QED) is 0.753. The van der Waals surface area contributed by atoms with Crippen molar-refractivity contribution >= 4 is 0 Å². The molecule has 2 heterocycles. The SMILES string of the molecule is CCN1CCN(C2CCN(CCN)CC2)CC1. The Labute approximate surface area is 106 Å². The third-order valence-electron chi connectivity index (χ3n) is 4.37. The normalized spacial score (nSPS) is 26.5. The van der Waals surface area contributed by atoms with Crippen molar-refractivity contribution in [2.24, 2.45) is 5.73 Å². The first-order valence-corrected chi connectivity index (χ1v) is 7.22. The fourth-order valence-corrected chi connectivity index (χ4v) is 3.14. The summed E-state index contributed by atoms with van der Waals surface area (Å²) in [4.78, 5) is 7.78. The van der Waals surface area contributed by atoms with E-state index in [1.165, 1.54) is 58.7 Å². The molecule has 2 fully saturated rings. The van der Waals surface area contributed by atoms with Crippen LogP contribution in [-0.4, -0.2) is 79.6 Å². The molecule has 0 amide bonds. The smallest absolute Gasteiger partial charge is 0.0121 e. The molecule has 0 aromatic rings. The van der Waals surface area contributed by atoms with E-state index in [0.717, 1.165) is 19.1 Å². The van der Waals surface area contributed by atoms with E-state index in [4.69, 9.17) is 5.73 Å². The Kier molecular flexibility index (Phi) is 5.22. The first-order chi connectivity index (χ1) is 8.33. The Morgan fingerprint density at radius 3 is 2.12 bits per heavy atom. The molecule has 0 unspecified atom stereocenters. The second-order valence-corrected chi connectivity index (χ2v) is 5.33. The van der Waals surface area contributed by atoms with Crippen LogP contribution < -0.4 is 5.73 Å². The summed E-state index contributed by atoms with van der Waals surface area (Å²) < 4.78 is 0. The van der Waals surface area contributed by atoms with Crippen LogP contribution in [0.2, 0.25) is 0 Å². The molecule has 17 heavy (non-hydrogen) atoms. The van der Waals surface area contributed by atoms with E-state index in [2.05, 4.69) is 21.6 Å². The highest BCUT2D eigenvalue weighted by molar-refractivity contribution is 4.83. The Morgan fingerprint density at radius 1 is 0.941 bits per heavy atom. The van der Waals surface area contributed by atoms with E-state index >= 15 is 0 Å². The van der Waals surface area contributed by atoms with Crippen LogP contribution >= 0.6 is 0 Å². The summed E-state index contributed by atoms with van der Waals surface area (Å²) in [6.45, 7) is 12.9. The molecule has 100 valence electrons. The lowest BCUT2D eigenvalue weighted by atomic mass is 10.0. The van der Waals surface area contributed by atoms with Crippen LogP contribution in [0.1, 0.15) is 19.8 Å². The molecule has 2 aliphatic rings. The number of likely N-dealkylation sites (tertiary alicyclic amines) is 1. The Morgan fingerprint density at radius 2 is 1.59 bits per heavy atom. The van der Waals surface area contributed by atoms with Gasteiger partial charge in [-0.2, -0.15) is 0 Å². The number of piperazine rings is 1. The average molecular weight is 240 g/mol. The van der Waals surface area contributed by atoms with E-state index < -0.39 is 0 Å². The number of nitrogens with zero attached hydrogens (tertiary/aromatic N) is 3. The molecule has 4 nitrogen and oxygen atoms in total. The average Bonchev–Trinajstić information content (AvgIpc) is 2.40. The van der Waals surface area contributed by atoms with Crippen LogP contribution in [0.3, 0.4) is 0 Å². The molecule has 4 heteroatoms. The van der Waals surface area contributed by atoms with Gasteiger partial charge in [0.1, 0.15) is 0 Å². The molecule has 2 saturated heterocycles. The summed E-state index contributed by atoms with van der Waals surface area (Å²) in [7, 11) is 0. The minimum absolute atomic E-state index is 0.805. The van der Waals surface area contributed by atoms with Crippen LogP contribution in [0, 0.1) is 0 Å². The molecule has 0 saturated carbocycles. The predicted molar refractivity (Wildman–Crippen MR) is 72.2 cm³/mol. The number of likely N-dealkylation sites (N-methyl/N-ethyl adjacent to an activating group) is 1. The molecule has 0 atom stereocenters. The summed E-state index contributed by atoms with van der Waals surface area (Å²) >= 11 is 0. The van der Waals surface area contributed by atoms with Crippen LogP contribution in [0.15, 0.2) is 0 Å². The molecule has 2 rings (SSSR count). The molecule has 0 aromatic heterocycles. The Balaban J connectivity index is 1.70. The number of piperidine rings is 1. The number of hydrogen-bond donors (Lipinski definition) is 1. The monoisotopic (exact) mass is 240 g/mol. The second-order valence-electron chi connectivity index (χ2n) is 5.33. The lowest BCUT2D eigenvalue weighted by Crippen LogP contribution is -2.53. The van der Waals surface area contributed by atoms with Gasteiger partial charge in [-0.25, -0.2) is 0 Å². The largest absolute Gasteiger partial charge is 0.329 e. The molecule has 2 aliphatic heterocycles. The number of hydrogen-bond acceptors (Lipinski definition) is 4. The summed E-state index contributed by atoms with van der Waals surface area (Å²) in [6, 6.07) is 0.836. The van der Waals surface area contributed by atoms with E-state index in [-0.39, 0.29) is 0 Å². The van der Waals surface area contributed by atoms with Gasteiger partial charge in [0.05, 0.1) is 0 Å². The number of rotatable bonds is 4. The van der Waals surface area contributed by atoms with E-state index in [1.807, 2.05) is 0 Å². The minimum atomic E-state index is 0.805. The Bertz CT molecular complexity index is 205. The molecule has 0 aliphatic carbocycles. The fraction of sp³-hybridized carbons (Fsp3) is 1.00. The van der Waals surface area contributed by atoms with Crippen molar-refractivity contribution in [2.45, 2.75) is 25.8 Å². The predicted octanol–water partition coefficient (Wildman–Crippen LogP) is 0.0470. The second kappa shape index (κ2) is 6.69. The molecular weight excluding hydrogens is 212 g/mol. The fourth-order valence-electron chi connectivity index (χ4n) is 3.14.